The Kier molecular flexibility index (Phi) is 7.34. The second kappa shape index (κ2) is 10.4. The zero-order valence-electron chi connectivity index (χ0n) is 20.3. The largest absolute Gasteiger partial charge is 0.444 e. The normalized spacial score (nSPS) is 19.0. The van der Waals surface area contributed by atoms with E-state index >= 15 is 0 Å². The van der Waals surface area contributed by atoms with Gasteiger partial charge in [0, 0.05) is 32.3 Å². The molecule has 0 spiro atoms. The number of hydrogen-bond acceptors (Lipinski definition) is 6. The van der Waals surface area contributed by atoms with Gasteiger partial charge in [-0.15, -0.1) is 0 Å². The summed E-state index contributed by atoms with van der Waals surface area (Å²) in [6.45, 7) is 7.00. The number of anilines is 2. The highest BCUT2D eigenvalue weighted by Gasteiger charge is 2.27. The molecule has 3 heterocycles. The lowest BCUT2D eigenvalue weighted by Gasteiger charge is -2.22. The third-order valence-corrected chi connectivity index (χ3v) is 6.31. The summed E-state index contributed by atoms with van der Waals surface area (Å²) in [7, 11) is 0. The summed E-state index contributed by atoms with van der Waals surface area (Å²) >= 11 is 0. The lowest BCUT2D eigenvalue weighted by atomic mass is 9.86. The van der Waals surface area contributed by atoms with Gasteiger partial charge in [-0.2, -0.15) is 0 Å². The highest BCUT2D eigenvalue weighted by atomic mass is 16.6. The lowest BCUT2D eigenvalue weighted by molar-refractivity contribution is 0.0509. The Bertz CT molecular complexity index is 986. The Morgan fingerprint density at radius 1 is 1.03 bits per heavy atom. The van der Waals surface area contributed by atoms with Crippen molar-refractivity contribution < 1.29 is 15.8 Å². The molecule has 0 radical (unpaired) electrons. The van der Waals surface area contributed by atoms with Gasteiger partial charge in [0.15, 0.2) is 0 Å². The molecular formula is C26H37N5O3. The van der Waals surface area contributed by atoms with Crippen LogP contribution in [0.3, 0.4) is 0 Å². The molecule has 1 saturated carbocycles. The molecule has 34 heavy (non-hydrogen) atoms. The zero-order valence-corrected chi connectivity index (χ0v) is 20.3. The van der Waals surface area contributed by atoms with Crippen LogP contribution in [-0.4, -0.2) is 46.7 Å². The number of rotatable bonds is 5. The van der Waals surface area contributed by atoms with Crippen molar-refractivity contribution in [2.75, 3.05) is 23.3 Å². The molecule has 4 rings (SSSR count). The molecule has 2 aromatic rings. The maximum atomic E-state index is 12.6. The number of aromatic nitrogens is 2. The van der Waals surface area contributed by atoms with E-state index in [0.29, 0.717) is 23.7 Å². The maximum Gasteiger partial charge on any atom is 0.407 e. The van der Waals surface area contributed by atoms with Gasteiger partial charge in [0.25, 0.3) is 5.91 Å². The fourth-order valence-electron chi connectivity index (χ4n) is 4.59. The monoisotopic (exact) mass is 467 g/mol. The van der Waals surface area contributed by atoms with Gasteiger partial charge in [0.2, 0.25) is 0 Å². The first-order valence-electron chi connectivity index (χ1n) is 12.2. The molecule has 1 atom stereocenters. The van der Waals surface area contributed by atoms with Crippen molar-refractivity contribution in [1.82, 2.24) is 15.3 Å². The second-order valence-electron chi connectivity index (χ2n) is 10.2. The van der Waals surface area contributed by atoms with Crippen molar-refractivity contribution in [3.63, 3.8) is 0 Å². The lowest BCUT2D eigenvalue weighted by Crippen LogP contribution is -2.40. The minimum atomic E-state index is -0.516. The molecular weight excluding hydrogens is 430 g/mol. The van der Waals surface area contributed by atoms with Crippen LogP contribution in [-0.2, 0) is 4.74 Å². The summed E-state index contributed by atoms with van der Waals surface area (Å²) in [5.74, 6) is 1.14. The minimum Gasteiger partial charge on any atom is -0.444 e. The molecule has 1 unspecified atom stereocenters. The van der Waals surface area contributed by atoms with E-state index in [2.05, 4.69) is 25.5 Å². The number of pyridine rings is 2. The van der Waals surface area contributed by atoms with Crippen LogP contribution in [0, 0.1) is 0 Å². The molecule has 184 valence electrons. The van der Waals surface area contributed by atoms with E-state index < -0.39 is 11.7 Å². The fraction of sp³-hybridized carbons (Fsp3) is 0.538. The molecule has 8 heteroatoms. The fourth-order valence-corrected chi connectivity index (χ4v) is 4.59. The molecule has 2 aromatic heterocycles. The van der Waals surface area contributed by atoms with Gasteiger partial charge >= 0.3 is 6.09 Å². The predicted octanol–water partition coefficient (Wildman–Crippen LogP) is 5.13. The summed E-state index contributed by atoms with van der Waals surface area (Å²) in [5.41, 5.74) is 1.75. The van der Waals surface area contributed by atoms with Crippen molar-refractivity contribution in [3.8, 4) is 0 Å². The number of nitrogens with zero attached hydrogens (tertiary/aromatic N) is 3. The standard InChI is InChI=1S/C26H35N5O3.H2/c1-26(2,3)34-25(33)30-21-13-14-31(17-21)23-12-10-20(16-28-23)29-24(32)19-9-11-22(27-15-19)18-7-5-4-6-8-18;/h9-12,15-16,18,21H,4-8,13-14,17H2,1-3H3,(H,29,32)(H,30,33);1H. The SMILES string of the molecule is CC(C)(C)OC(=O)NC1CCN(c2ccc(NC(=O)c3ccc(C4CCCCC4)nc3)cn2)C1.[HH]. The zero-order chi connectivity index (χ0) is 24.1. The third kappa shape index (κ3) is 6.46. The Balaban J connectivity index is 0.00000342. The van der Waals surface area contributed by atoms with E-state index in [1.165, 1.54) is 32.1 Å². The number of nitrogens with one attached hydrogen (secondary N) is 2. The molecule has 1 aliphatic carbocycles. The van der Waals surface area contributed by atoms with Gasteiger partial charge in [-0.1, -0.05) is 19.3 Å². The maximum absolute atomic E-state index is 12.6. The number of carbonyl (C=O) groups is 2. The van der Waals surface area contributed by atoms with Crippen LogP contribution >= 0.6 is 0 Å². The molecule has 1 saturated heterocycles. The van der Waals surface area contributed by atoms with Gasteiger partial charge in [-0.25, -0.2) is 9.78 Å². The van der Waals surface area contributed by atoms with Gasteiger partial charge in [0.1, 0.15) is 11.4 Å². The molecule has 8 nitrogen and oxygen atoms in total. The first kappa shape index (κ1) is 24.0. The Hall–Kier alpha value is -3.16. The van der Waals surface area contributed by atoms with E-state index in [9.17, 15) is 9.59 Å². The van der Waals surface area contributed by atoms with Crippen molar-refractivity contribution in [1.29, 1.82) is 0 Å². The number of carbonyl (C=O) groups excluding carboxylic acids is 2. The molecule has 2 fully saturated rings. The van der Waals surface area contributed by atoms with E-state index in [4.69, 9.17) is 4.74 Å². The van der Waals surface area contributed by atoms with Crippen LogP contribution in [0.5, 0.6) is 0 Å². The van der Waals surface area contributed by atoms with Crippen LogP contribution in [0.2, 0.25) is 0 Å². The number of amides is 2. The topological polar surface area (TPSA) is 96.5 Å². The van der Waals surface area contributed by atoms with Crippen molar-refractivity contribution in [2.45, 2.75) is 76.9 Å². The molecule has 2 amide bonds. The number of ether oxygens (including phenoxy) is 1. The molecule has 0 aromatic carbocycles. The van der Waals surface area contributed by atoms with Gasteiger partial charge in [0.05, 0.1) is 23.5 Å². The van der Waals surface area contributed by atoms with Crippen LogP contribution in [0.15, 0.2) is 36.7 Å². The first-order chi connectivity index (χ1) is 16.3. The van der Waals surface area contributed by atoms with E-state index in [1.54, 1.807) is 12.4 Å². The Morgan fingerprint density at radius 2 is 1.82 bits per heavy atom. The number of alkyl carbamates (subject to hydrolysis) is 1. The quantitative estimate of drug-likeness (QED) is 0.633. The Morgan fingerprint density at radius 3 is 2.47 bits per heavy atom. The predicted molar refractivity (Wildman–Crippen MR) is 134 cm³/mol. The third-order valence-electron chi connectivity index (χ3n) is 6.31. The van der Waals surface area contributed by atoms with Crippen LogP contribution < -0.4 is 15.5 Å². The summed E-state index contributed by atoms with van der Waals surface area (Å²) in [6, 6.07) is 7.59. The average molecular weight is 468 g/mol. The summed E-state index contributed by atoms with van der Waals surface area (Å²) in [4.78, 5) is 35.8. The van der Waals surface area contributed by atoms with Crippen LogP contribution in [0.1, 0.15) is 82.7 Å². The van der Waals surface area contributed by atoms with Crippen LogP contribution in [0.25, 0.3) is 0 Å². The van der Waals surface area contributed by atoms with Gasteiger partial charge < -0.3 is 20.3 Å². The van der Waals surface area contributed by atoms with Crippen LogP contribution in [0.4, 0.5) is 16.3 Å². The summed E-state index contributed by atoms with van der Waals surface area (Å²) in [5, 5.41) is 5.82. The first-order valence-corrected chi connectivity index (χ1v) is 12.2. The minimum absolute atomic E-state index is 0. The summed E-state index contributed by atoms with van der Waals surface area (Å²) < 4.78 is 5.34. The van der Waals surface area contributed by atoms with Gasteiger partial charge in [-0.3, -0.25) is 9.78 Å². The number of hydrogen-bond donors (Lipinski definition) is 2. The highest BCUT2D eigenvalue weighted by molar-refractivity contribution is 6.04. The summed E-state index contributed by atoms with van der Waals surface area (Å²) in [6.07, 6.45) is 9.96. The molecule has 0 bridgehead atoms. The molecule has 2 aliphatic rings. The smallest absolute Gasteiger partial charge is 0.407 e. The highest BCUT2D eigenvalue weighted by Crippen LogP contribution is 2.31. The van der Waals surface area contributed by atoms with Crippen molar-refractivity contribution in [3.05, 3.63) is 47.9 Å². The average Bonchev–Trinajstić information content (AvgIpc) is 3.27. The molecule has 2 N–H and O–H groups in total. The molecule has 1 aliphatic heterocycles. The van der Waals surface area contributed by atoms with E-state index in [0.717, 1.165) is 24.5 Å². The van der Waals surface area contributed by atoms with E-state index in [-0.39, 0.29) is 13.4 Å². The van der Waals surface area contributed by atoms with Crippen molar-refractivity contribution >= 4 is 23.5 Å². The van der Waals surface area contributed by atoms with Gasteiger partial charge in [-0.05, 0) is 64.3 Å². The Labute approximate surface area is 203 Å². The van der Waals surface area contributed by atoms with E-state index in [1.807, 2.05) is 45.0 Å². The second-order valence-corrected chi connectivity index (χ2v) is 10.2. The van der Waals surface area contributed by atoms with Crippen molar-refractivity contribution in [2.24, 2.45) is 0 Å².